The largest absolute Gasteiger partial charge is 0.497 e. The van der Waals surface area contributed by atoms with E-state index < -0.39 is 33.4 Å². The summed E-state index contributed by atoms with van der Waals surface area (Å²) >= 11 is 1.54. The van der Waals surface area contributed by atoms with E-state index in [2.05, 4.69) is 0 Å². The fourth-order valence-corrected chi connectivity index (χ4v) is 9.53. The van der Waals surface area contributed by atoms with Crippen LogP contribution in [0, 0.1) is 11.8 Å². The number of fused-ring (bicyclic) bond motifs is 2. The average molecular weight is 618 g/mol. The van der Waals surface area contributed by atoms with E-state index in [4.69, 9.17) is 9.47 Å². The summed E-state index contributed by atoms with van der Waals surface area (Å²) < 4.78 is 9.19. The predicted octanol–water partition coefficient (Wildman–Crippen LogP) is 4.06. The molecule has 9 nitrogen and oxygen atoms in total. The smallest absolute Gasteiger partial charge is 0.251 e. The molecule has 1 unspecified atom stereocenters. The second-order valence-electron chi connectivity index (χ2n) is 11.8. The maximum atomic E-state index is 14.7. The van der Waals surface area contributed by atoms with Gasteiger partial charge < -0.3 is 29.3 Å². The second kappa shape index (κ2) is 11.6. The SMILES string of the molecule is CCOc1ccc(N2CC=C[C@@]3(C)S[C@]45C=CCN(c6ccc(OC)cc6)C(=O)C4N([C@@H](CC)CO)C(=O)[C@@H]5[C@H]3C2=O)cc1. The molecule has 0 bridgehead atoms. The van der Waals surface area contributed by atoms with Gasteiger partial charge in [0.05, 0.1) is 42.9 Å². The van der Waals surface area contributed by atoms with Crippen molar-refractivity contribution >= 4 is 40.9 Å². The highest BCUT2D eigenvalue weighted by atomic mass is 32.2. The molecule has 4 aliphatic rings. The molecular weight excluding hydrogens is 578 g/mol. The third kappa shape index (κ3) is 4.61. The number of carbonyl (C=O) groups excluding carboxylic acids is 3. The molecule has 2 saturated heterocycles. The van der Waals surface area contributed by atoms with Crippen LogP contribution in [0.3, 0.4) is 0 Å². The molecule has 4 heterocycles. The first-order valence-electron chi connectivity index (χ1n) is 15.2. The monoisotopic (exact) mass is 617 g/mol. The van der Waals surface area contributed by atoms with E-state index in [-0.39, 0.29) is 24.3 Å². The number of hydrogen-bond acceptors (Lipinski definition) is 7. The Morgan fingerprint density at radius 1 is 0.864 bits per heavy atom. The van der Waals surface area contributed by atoms with Crippen LogP contribution in [0.25, 0.3) is 0 Å². The molecule has 232 valence electrons. The Labute approximate surface area is 262 Å². The lowest BCUT2D eigenvalue weighted by molar-refractivity contribution is -0.142. The summed E-state index contributed by atoms with van der Waals surface area (Å²) in [5.74, 6) is -0.763. The van der Waals surface area contributed by atoms with Crippen LogP contribution in [0.2, 0.25) is 0 Å². The Bertz CT molecular complexity index is 1490. The topological polar surface area (TPSA) is 99.6 Å². The number of aliphatic hydroxyl groups excluding tert-OH is 1. The second-order valence-corrected chi connectivity index (χ2v) is 13.6. The predicted molar refractivity (Wildman–Crippen MR) is 171 cm³/mol. The van der Waals surface area contributed by atoms with Gasteiger partial charge in [0, 0.05) is 29.2 Å². The molecule has 2 aromatic rings. The van der Waals surface area contributed by atoms with E-state index in [0.29, 0.717) is 37.6 Å². The molecule has 6 atom stereocenters. The normalized spacial score (nSPS) is 30.1. The van der Waals surface area contributed by atoms with Gasteiger partial charge in [-0.05, 0) is 68.8 Å². The van der Waals surface area contributed by atoms with Crippen LogP contribution in [0.5, 0.6) is 11.5 Å². The van der Waals surface area contributed by atoms with Gasteiger partial charge in [0.15, 0.2) is 0 Å². The number of ether oxygens (including phenoxy) is 2. The minimum atomic E-state index is -1.00. The highest BCUT2D eigenvalue weighted by Crippen LogP contribution is 2.66. The number of thioether (sulfide) groups is 1. The molecule has 1 N–H and O–H groups in total. The summed E-state index contributed by atoms with van der Waals surface area (Å²) in [4.78, 5) is 49.0. The Kier molecular flexibility index (Phi) is 8.00. The molecule has 1 spiro atoms. The fraction of sp³-hybridized carbons (Fsp3) is 0.441. The molecule has 2 fully saturated rings. The first-order valence-corrected chi connectivity index (χ1v) is 16.0. The van der Waals surface area contributed by atoms with Crippen LogP contribution in [0.15, 0.2) is 72.8 Å². The third-order valence-corrected chi connectivity index (χ3v) is 11.2. The van der Waals surface area contributed by atoms with Gasteiger partial charge in [-0.1, -0.05) is 31.2 Å². The number of aliphatic hydroxyl groups is 1. The number of anilines is 2. The van der Waals surface area contributed by atoms with Crippen molar-refractivity contribution in [1.29, 1.82) is 0 Å². The highest BCUT2D eigenvalue weighted by Gasteiger charge is 2.74. The van der Waals surface area contributed by atoms with Crippen LogP contribution in [0.4, 0.5) is 11.4 Å². The Balaban J connectivity index is 1.44. The van der Waals surface area contributed by atoms with Crippen LogP contribution in [0.1, 0.15) is 27.2 Å². The van der Waals surface area contributed by atoms with Crippen molar-refractivity contribution in [2.24, 2.45) is 11.8 Å². The molecule has 4 aliphatic heterocycles. The Morgan fingerprint density at radius 2 is 1.45 bits per heavy atom. The standard InChI is InChI=1S/C34H39N3O6S/c1-5-22(21-38)37-29-32(41)36(24-9-13-25(42-4)14-10-24)20-8-18-34(29)28(31(37)40)27-30(39)35(19-7-17-33(27,3)44-34)23-11-15-26(16-12-23)43-6-2/h7-18,22,27-29,38H,5-6,19-21H2,1-4H3/t22-,27-,28-,29?,33+,34-/m0/s1. The molecule has 44 heavy (non-hydrogen) atoms. The summed E-state index contributed by atoms with van der Waals surface area (Å²) in [6.07, 6.45) is 8.46. The first kappa shape index (κ1) is 30.3. The maximum Gasteiger partial charge on any atom is 0.251 e. The van der Waals surface area contributed by atoms with Gasteiger partial charge in [0.2, 0.25) is 11.8 Å². The van der Waals surface area contributed by atoms with Gasteiger partial charge in [-0.15, -0.1) is 11.8 Å². The zero-order chi connectivity index (χ0) is 31.2. The van der Waals surface area contributed by atoms with E-state index >= 15 is 0 Å². The maximum absolute atomic E-state index is 14.7. The molecular formula is C34H39N3O6S. The lowest BCUT2D eigenvalue weighted by atomic mass is 9.74. The van der Waals surface area contributed by atoms with Crippen molar-refractivity contribution in [3.63, 3.8) is 0 Å². The van der Waals surface area contributed by atoms with E-state index in [9.17, 15) is 19.5 Å². The van der Waals surface area contributed by atoms with Gasteiger partial charge in [-0.3, -0.25) is 14.4 Å². The number of amides is 3. The minimum absolute atomic E-state index is 0.154. The zero-order valence-electron chi connectivity index (χ0n) is 25.5. The molecule has 3 amide bonds. The summed E-state index contributed by atoms with van der Waals surface area (Å²) in [6.45, 7) is 6.78. The van der Waals surface area contributed by atoms with Crippen molar-refractivity contribution in [3.05, 3.63) is 72.8 Å². The number of carbonyl (C=O) groups is 3. The van der Waals surface area contributed by atoms with Crippen LogP contribution >= 0.6 is 11.8 Å². The molecule has 0 aromatic heterocycles. The summed E-state index contributed by atoms with van der Waals surface area (Å²) in [6, 6.07) is 13.2. The lowest BCUT2D eigenvalue weighted by Gasteiger charge is -2.39. The molecule has 2 aromatic carbocycles. The first-order chi connectivity index (χ1) is 21.2. The highest BCUT2D eigenvalue weighted by molar-refractivity contribution is 8.02. The number of benzene rings is 2. The van der Waals surface area contributed by atoms with Gasteiger partial charge in [-0.2, -0.15) is 0 Å². The van der Waals surface area contributed by atoms with Crippen molar-refractivity contribution in [2.45, 2.75) is 48.8 Å². The van der Waals surface area contributed by atoms with Crippen LogP contribution in [-0.2, 0) is 14.4 Å². The molecule has 0 radical (unpaired) electrons. The van der Waals surface area contributed by atoms with Crippen molar-refractivity contribution < 1.29 is 29.0 Å². The Hall–Kier alpha value is -3.76. The minimum Gasteiger partial charge on any atom is -0.497 e. The van der Waals surface area contributed by atoms with E-state index in [1.54, 1.807) is 33.9 Å². The van der Waals surface area contributed by atoms with E-state index in [0.717, 1.165) is 11.4 Å². The third-order valence-electron chi connectivity index (χ3n) is 9.41. The van der Waals surface area contributed by atoms with Crippen molar-refractivity contribution in [3.8, 4) is 11.5 Å². The average Bonchev–Trinajstić information content (AvgIpc) is 3.30. The number of nitrogens with zero attached hydrogens (tertiary/aromatic N) is 3. The fourth-order valence-electron chi connectivity index (χ4n) is 7.38. The Morgan fingerprint density at radius 3 is 2.02 bits per heavy atom. The number of rotatable bonds is 8. The van der Waals surface area contributed by atoms with Gasteiger partial charge >= 0.3 is 0 Å². The van der Waals surface area contributed by atoms with Crippen LogP contribution in [-0.4, -0.2) is 82.7 Å². The lowest BCUT2D eigenvalue weighted by Crippen LogP contribution is -2.56. The number of hydrogen-bond donors (Lipinski definition) is 1. The summed E-state index contributed by atoms with van der Waals surface area (Å²) in [7, 11) is 1.59. The quantitative estimate of drug-likeness (QED) is 0.446. The van der Waals surface area contributed by atoms with Crippen molar-refractivity contribution in [1.82, 2.24) is 4.90 Å². The molecule has 10 heteroatoms. The summed E-state index contributed by atoms with van der Waals surface area (Å²) in [5.41, 5.74) is 1.41. The molecule has 6 rings (SSSR count). The molecule has 0 aliphatic carbocycles. The number of likely N-dealkylation sites (tertiary alicyclic amines) is 1. The van der Waals surface area contributed by atoms with E-state index in [1.807, 2.05) is 81.5 Å². The molecule has 0 saturated carbocycles. The van der Waals surface area contributed by atoms with Crippen molar-refractivity contribution in [2.75, 3.05) is 43.2 Å². The summed E-state index contributed by atoms with van der Waals surface area (Å²) in [5, 5.41) is 10.4. The number of methoxy groups -OCH3 is 1. The van der Waals surface area contributed by atoms with Gasteiger partial charge in [0.1, 0.15) is 17.5 Å². The van der Waals surface area contributed by atoms with Gasteiger partial charge in [0.25, 0.3) is 5.91 Å². The van der Waals surface area contributed by atoms with E-state index in [1.165, 1.54) is 11.8 Å². The van der Waals surface area contributed by atoms with Gasteiger partial charge in [-0.25, -0.2) is 0 Å². The van der Waals surface area contributed by atoms with Crippen LogP contribution < -0.4 is 19.3 Å². The zero-order valence-corrected chi connectivity index (χ0v) is 26.3.